The molecule has 3 rings (SSSR count). The Morgan fingerprint density at radius 1 is 0.905 bits per heavy atom. The van der Waals surface area contributed by atoms with Crippen LogP contribution in [0.4, 0.5) is 0 Å². The van der Waals surface area contributed by atoms with Crippen LogP contribution in [0, 0.1) is 0 Å². The van der Waals surface area contributed by atoms with Crippen molar-refractivity contribution >= 4 is 27.5 Å². The molecule has 21 heavy (non-hydrogen) atoms. The number of benzene rings is 2. The van der Waals surface area contributed by atoms with Crippen LogP contribution in [0.3, 0.4) is 0 Å². The zero-order chi connectivity index (χ0) is 14.7. The molecular weight excluding hydrogens is 352 g/mol. The highest BCUT2D eigenvalue weighted by Crippen LogP contribution is 2.26. The summed E-state index contributed by atoms with van der Waals surface area (Å²) in [5, 5.41) is 0.343. The van der Waals surface area contributed by atoms with Gasteiger partial charge in [0.15, 0.2) is 5.82 Å². The largest absolute Gasteiger partial charge is 0.439 e. The molecule has 0 saturated heterocycles. The van der Waals surface area contributed by atoms with Crippen LogP contribution < -0.4 is 4.74 Å². The van der Waals surface area contributed by atoms with E-state index in [9.17, 15) is 0 Å². The molecule has 0 aliphatic rings. The Balaban J connectivity index is 1.93. The molecule has 0 saturated carbocycles. The fourth-order valence-corrected chi connectivity index (χ4v) is 2.23. The van der Waals surface area contributed by atoms with Gasteiger partial charge >= 0.3 is 0 Å². The third kappa shape index (κ3) is 3.60. The number of aromatic nitrogens is 2. The van der Waals surface area contributed by atoms with Crippen LogP contribution in [0.2, 0.25) is 5.15 Å². The number of nitrogens with zero attached hydrogens (tertiary/aromatic N) is 2. The van der Waals surface area contributed by atoms with Gasteiger partial charge in [0, 0.05) is 16.1 Å². The monoisotopic (exact) mass is 360 g/mol. The Labute approximate surface area is 135 Å². The molecular formula is C16H10BrClN2O. The van der Waals surface area contributed by atoms with Crippen molar-refractivity contribution in [3.8, 4) is 23.0 Å². The van der Waals surface area contributed by atoms with Crippen LogP contribution in [0.5, 0.6) is 11.6 Å². The number of rotatable bonds is 3. The molecule has 0 N–H and O–H groups in total. The molecule has 0 fully saturated rings. The summed E-state index contributed by atoms with van der Waals surface area (Å²) >= 11 is 9.44. The lowest BCUT2D eigenvalue weighted by Gasteiger charge is -2.07. The second-order valence-electron chi connectivity index (χ2n) is 4.27. The summed E-state index contributed by atoms with van der Waals surface area (Å²) in [5.74, 6) is 1.64. The van der Waals surface area contributed by atoms with Crippen LogP contribution in [0.15, 0.2) is 65.1 Å². The molecule has 0 unspecified atom stereocenters. The predicted octanol–water partition coefficient (Wildman–Crippen LogP) is 5.35. The van der Waals surface area contributed by atoms with E-state index < -0.39 is 0 Å². The highest BCUT2D eigenvalue weighted by Gasteiger charge is 2.07. The first-order valence-electron chi connectivity index (χ1n) is 6.24. The maximum absolute atomic E-state index is 6.05. The van der Waals surface area contributed by atoms with Gasteiger partial charge in [0.05, 0.1) is 0 Å². The fourth-order valence-electron chi connectivity index (χ4n) is 1.79. The van der Waals surface area contributed by atoms with Crippen molar-refractivity contribution in [2.75, 3.05) is 0 Å². The van der Waals surface area contributed by atoms with Crippen molar-refractivity contribution in [1.29, 1.82) is 0 Å². The van der Waals surface area contributed by atoms with E-state index in [1.54, 1.807) is 6.07 Å². The van der Waals surface area contributed by atoms with Crippen LogP contribution >= 0.6 is 27.5 Å². The molecule has 0 bridgehead atoms. The highest BCUT2D eigenvalue weighted by atomic mass is 79.9. The Morgan fingerprint density at radius 3 is 2.33 bits per heavy atom. The summed E-state index contributed by atoms with van der Waals surface area (Å²) in [5.41, 5.74) is 0.889. The molecule has 0 aliphatic carbocycles. The van der Waals surface area contributed by atoms with Gasteiger partial charge in [-0.1, -0.05) is 57.9 Å². The van der Waals surface area contributed by atoms with Crippen molar-refractivity contribution in [2.24, 2.45) is 0 Å². The molecule has 5 heteroatoms. The Morgan fingerprint density at radius 2 is 1.62 bits per heavy atom. The number of hydrogen-bond acceptors (Lipinski definition) is 3. The molecule has 0 spiro atoms. The van der Waals surface area contributed by atoms with E-state index >= 15 is 0 Å². The minimum absolute atomic E-state index is 0.343. The van der Waals surface area contributed by atoms with Crippen LogP contribution in [0.1, 0.15) is 0 Å². The van der Waals surface area contributed by atoms with E-state index in [-0.39, 0.29) is 0 Å². The minimum atomic E-state index is 0.343. The quantitative estimate of drug-likeness (QED) is 0.590. The van der Waals surface area contributed by atoms with Gasteiger partial charge in [-0.2, -0.15) is 4.98 Å². The second-order valence-corrected chi connectivity index (χ2v) is 5.58. The molecule has 0 radical (unpaired) electrons. The van der Waals surface area contributed by atoms with E-state index in [1.807, 2.05) is 54.6 Å². The molecule has 3 aromatic rings. The lowest BCUT2D eigenvalue weighted by molar-refractivity contribution is 0.462. The van der Waals surface area contributed by atoms with E-state index in [2.05, 4.69) is 25.9 Å². The lowest BCUT2D eigenvalue weighted by Crippen LogP contribution is -1.94. The van der Waals surface area contributed by atoms with Gasteiger partial charge in [-0.25, -0.2) is 4.98 Å². The standard InChI is InChI=1S/C16H10BrClN2O/c17-12-6-8-13(9-7-12)21-15-10-14(18)19-16(20-15)11-4-2-1-3-5-11/h1-10H. The number of ether oxygens (including phenoxy) is 1. The van der Waals surface area contributed by atoms with Crippen LogP contribution in [-0.2, 0) is 0 Å². The molecule has 2 aromatic carbocycles. The van der Waals surface area contributed by atoms with Gasteiger partial charge in [-0.3, -0.25) is 0 Å². The minimum Gasteiger partial charge on any atom is -0.439 e. The average Bonchev–Trinajstić information content (AvgIpc) is 2.50. The molecule has 0 aliphatic heterocycles. The molecule has 3 nitrogen and oxygen atoms in total. The second kappa shape index (κ2) is 6.24. The summed E-state index contributed by atoms with van der Waals surface area (Å²) < 4.78 is 6.71. The number of halogens is 2. The average molecular weight is 362 g/mol. The van der Waals surface area contributed by atoms with Gasteiger partial charge in [0.2, 0.25) is 5.88 Å². The SMILES string of the molecule is Clc1cc(Oc2ccc(Br)cc2)nc(-c2ccccc2)n1. The summed E-state index contributed by atoms with van der Waals surface area (Å²) in [7, 11) is 0. The molecule has 1 aromatic heterocycles. The van der Waals surface area contributed by atoms with Gasteiger partial charge < -0.3 is 4.74 Å². The van der Waals surface area contributed by atoms with E-state index in [1.165, 1.54) is 0 Å². The normalized spacial score (nSPS) is 10.4. The van der Waals surface area contributed by atoms with Crippen molar-refractivity contribution in [3.05, 3.63) is 70.3 Å². The first-order valence-corrected chi connectivity index (χ1v) is 7.41. The zero-order valence-electron chi connectivity index (χ0n) is 10.8. The van der Waals surface area contributed by atoms with E-state index in [0.29, 0.717) is 22.6 Å². The molecule has 0 atom stereocenters. The fraction of sp³-hybridized carbons (Fsp3) is 0. The van der Waals surface area contributed by atoms with Gasteiger partial charge in [-0.15, -0.1) is 0 Å². The van der Waals surface area contributed by atoms with Gasteiger partial charge in [0.25, 0.3) is 0 Å². The summed E-state index contributed by atoms with van der Waals surface area (Å²) in [4.78, 5) is 8.62. The molecule has 0 amide bonds. The van der Waals surface area contributed by atoms with Crippen molar-refractivity contribution in [3.63, 3.8) is 0 Å². The predicted molar refractivity (Wildman–Crippen MR) is 86.7 cm³/mol. The summed E-state index contributed by atoms with van der Waals surface area (Å²) in [6.07, 6.45) is 0. The molecule has 104 valence electrons. The highest BCUT2D eigenvalue weighted by molar-refractivity contribution is 9.10. The van der Waals surface area contributed by atoms with Crippen LogP contribution in [0.25, 0.3) is 11.4 Å². The number of hydrogen-bond donors (Lipinski definition) is 0. The summed E-state index contributed by atoms with van der Waals surface area (Å²) in [6, 6.07) is 18.7. The van der Waals surface area contributed by atoms with Crippen molar-refractivity contribution in [1.82, 2.24) is 9.97 Å². The first kappa shape index (κ1) is 14.0. The Kier molecular flexibility index (Phi) is 4.18. The smallest absolute Gasteiger partial charge is 0.224 e. The third-order valence-corrected chi connectivity index (χ3v) is 3.46. The zero-order valence-corrected chi connectivity index (χ0v) is 13.2. The van der Waals surface area contributed by atoms with Crippen LogP contribution in [-0.4, -0.2) is 9.97 Å². The Bertz CT molecular complexity index is 748. The topological polar surface area (TPSA) is 35.0 Å². The first-order chi connectivity index (χ1) is 10.2. The third-order valence-electron chi connectivity index (χ3n) is 2.74. The van der Waals surface area contributed by atoms with Crippen molar-refractivity contribution in [2.45, 2.75) is 0 Å². The maximum Gasteiger partial charge on any atom is 0.224 e. The lowest BCUT2D eigenvalue weighted by atomic mass is 10.2. The summed E-state index contributed by atoms with van der Waals surface area (Å²) in [6.45, 7) is 0. The van der Waals surface area contributed by atoms with Crippen molar-refractivity contribution < 1.29 is 4.74 Å². The maximum atomic E-state index is 6.05. The van der Waals surface area contributed by atoms with Gasteiger partial charge in [-0.05, 0) is 24.3 Å². The Hall–Kier alpha value is -1.91. The van der Waals surface area contributed by atoms with E-state index in [0.717, 1.165) is 10.0 Å². The van der Waals surface area contributed by atoms with Gasteiger partial charge in [0.1, 0.15) is 10.9 Å². The van der Waals surface area contributed by atoms with E-state index in [4.69, 9.17) is 16.3 Å². The molecule has 1 heterocycles.